The van der Waals surface area contributed by atoms with Gasteiger partial charge >= 0.3 is 12.1 Å². The number of halogens is 1. The molecule has 7 heteroatoms. The van der Waals surface area contributed by atoms with Crippen molar-refractivity contribution in [1.29, 1.82) is 0 Å². The van der Waals surface area contributed by atoms with E-state index in [-0.39, 0.29) is 24.6 Å². The Morgan fingerprint density at radius 3 is 2.73 bits per heavy atom. The molecule has 2 fully saturated rings. The molecular formula is C15H25ClN2O4. The summed E-state index contributed by atoms with van der Waals surface area (Å²) in [7, 11) is 0. The Bertz CT molecular complexity index is 405. The van der Waals surface area contributed by atoms with Gasteiger partial charge in [-0.3, -0.25) is 4.79 Å². The maximum Gasteiger partial charge on any atom is 0.407 e. The fourth-order valence-electron chi connectivity index (χ4n) is 3.18. The summed E-state index contributed by atoms with van der Waals surface area (Å²) in [5.74, 6) is -0.526. The van der Waals surface area contributed by atoms with Crippen molar-refractivity contribution in [2.45, 2.75) is 56.7 Å². The van der Waals surface area contributed by atoms with Gasteiger partial charge in [0.25, 0.3) is 0 Å². The van der Waals surface area contributed by atoms with Crippen LogP contribution in [0.25, 0.3) is 0 Å². The lowest BCUT2D eigenvalue weighted by molar-refractivity contribution is -0.139. The molecule has 0 aromatic heterocycles. The van der Waals surface area contributed by atoms with Crippen molar-refractivity contribution >= 4 is 24.5 Å². The number of rotatable bonds is 5. The van der Waals surface area contributed by atoms with E-state index in [0.29, 0.717) is 18.9 Å². The van der Waals surface area contributed by atoms with Crippen molar-refractivity contribution < 1.29 is 19.4 Å². The highest BCUT2D eigenvalue weighted by Gasteiger charge is 2.32. The summed E-state index contributed by atoms with van der Waals surface area (Å²) in [5.41, 5.74) is 0. The molecule has 2 rings (SSSR count). The van der Waals surface area contributed by atoms with E-state index >= 15 is 0 Å². The van der Waals surface area contributed by atoms with Crippen molar-refractivity contribution in [3.05, 3.63) is 12.7 Å². The van der Waals surface area contributed by atoms with E-state index in [9.17, 15) is 9.59 Å². The highest BCUT2D eigenvalue weighted by Crippen LogP contribution is 2.29. The van der Waals surface area contributed by atoms with Gasteiger partial charge in [-0.2, -0.15) is 0 Å². The van der Waals surface area contributed by atoms with Gasteiger partial charge in [0.05, 0.1) is 0 Å². The van der Waals surface area contributed by atoms with Crippen LogP contribution in [-0.4, -0.2) is 41.9 Å². The second-order valence-electron chi connectivity index (χ2n) is 5.89. The van der Waals surface area contributed by atoms with E-state index in [0.717, 1.165) is 25.7 Å². The van der Waals surface area contributed by atoms with Crippen LogP contribution in [0.5, 0.6) is 0 Å². The number of carboxylic acids is 1. The Morgan fingerprint density at radius 1 is 1.36 bits per heavy atom. The third-order valence-electron chi connectivity index (χ3n) is 4.32. The van der Waals surface area contributed by atoms with Crippen LogP contribution in [0.4, 0.5) is 4.79 Å². The zero-order valence-electron chi connectivity index (χ0n) is 12.6. The molecule has 0 aromatic carbocycles. The zero-order valence-corrected chi connectivity index (χ0v) is 13.4. The van der Waals surface area contributed by atoms with E-state index < -0.39 is 18.1 Å². The van der Waals surface area contributed by atoms with Gasteiger partial charge in [-0.1, -0.05) is 12.5 Å². The quantitative estimate of drug-likeness (QED) is 0.671. The molecule has 1 saturated carbocycles. The molecule has 0 spiro atoms. The molecule has 1 aliphatic heterocycles. The number of carbonyl (C=O) groups is 2. The number of hydrogen-bond donors (Lipinski definition) is 3. The van der Waals surface area contributed by atoms with Crippen molar-refractivity contribution in [2.24, 2.45) is 5.92 Å². The molecule has 1 aliphatic carbocycles. The summed E-state index contributed by atoms with van der Waals surface area (Å²) in [6, 6.07) is -0.765. The molecule has 1 heterocycles. The Kier molecular flexibility index (Phi) is 7.68. The number of carbonyl (C=O) groups excluding carboxylic acids is 1. The maximum atomic E-state index is 12.0. The van der Waals surface area contributed by atoms with Crippen molar-refractivity contribution in [3.8, 4) is 0 Å². The first-order chi connectivity index (χ1) is 10.1. The number of alkyl carbamates (subject to hydrolysis) is 1. The topological polar surface area (TPSA) is 87.7 Å². The van der Waals surface area contributed by atoms with Gasteiger partial charge in [-0.15, -0.1) is 19.0 Å². The molecule has 0 bridgehead atoms. The predicted molar refractivity (Wildman–Crippen MR) is 85.3 cm³/mol. The van der Waals surface area contributed by atoms with Crippen molar-refractivity contribution in [1.82, 2.24) is 10.6 Å². The normalized spacial score (nSPS) is 30.9. The van der Waals surface area contributed by atoms with Crippen LogP contribution in [0.3, 0.4) is 0 Å². The van der Waals surface area contributed by atoms with Crippen molar-refractivity contribution in [3.63, 3.8) is 0 Å². The van der Waals surface area contributed by atoms with Crippen LogP contribution in [0.15, 0.2) is 12.7 Å². The monoisotopic (exact) mass is 332 g/mol. The Balaban J connectivity index is 0.00000242. The van der Waals surface area contributed by atoms with E-state index in [2.05, 4.69) is 17.2 Å². The smallest absolute Gasteiger partial charge is 0.407 e. The molecule has 3 N–H and O–H groups in total. The highest BCUT2D eigenvalue weighted by molar-refractivity contribution is 5.85. The van der Waals surface area contributed by atoms with Gasteiger partial charge in [-0.05, 0) is 38.0 Å². The van der Waals surface area contributed by atoms with Crippen LogP contribution in [0.2, 0.25) is 0 Å². The maximum absolute atomic E-state index is 12.0. The number of allylic oxidation sites excluding steroid dienone is 1. The average Bonchev–Trinajstić information content (AvgIpc) is 2.90. The molecule has 22 heavy (non-hydrogen) atoms. The number of aliphatic carboxylic acids is 1. The fraction of sp³-hybridized carbons (Fsp3) is 0.733. The largest absolute Gasteiger partial charge is 0.480 e. The number of carboxylic acid groups (broad SMARTS) is 1. The Morgan fingerprint density at radius 2 is 2.09 bits per heavy atom. The molecule has 1 saturated heterocycles. The van der Waals surface area contributed by atoms with E-state index in [4.69, 9.17) is 9.84 Å². The number of amides is 1. The first-order valence-electron chi connectivity index (χ1n) is 7.64. The summed E-state index contributed by atoms with van der Waals surface area (Å²) in [5, 5.41) is 14.5. The minimum atomic E-state index is -0.883. The minimum absolute atomic E-state index is 0. The summed E-state index contributed by atoms with van der Waals surface area (Å²) in [6.07, 6.45) is 6.86. The summed E-state index contributed by atoms with van der Waals surface area (Å²) < 4.78 is 5.54. The zero-order chi connectivity index (χ0) is 15.2. The molecule has 4 atom stereocenters. The van der Waals surface area contributed by atoms with Crippen LogP contribution in [0.1, 0.15) is 38.5 Å². The van der Waals surface area contributed by atoms with Gasteiger partial charge < -0.3 is 20.5 Å². The third-order valence-corrected chi connectivity index (χ3v) is 4.32. The van der Waals surface area contributed by atoms with Gasteiger partial charge in [-0.25, -0.2) is 4.79 Å². The number of ether oxygens (including phenoxy) is 1. The van der Waals surface area contributed by atoms with Gasteiger partial charge in [0.1, 0.15) is 12.1 Å². The first kappa shape index (κ1) is 18.8. The second-order valence-corrected chi connectivity index (χ2v) is 5.89. The van der Waals surface area contributed by atoms with Gasteiger partial charge in [0.15, 0.2) is 0 Å². The van der Waals surface area contributed by atoms with E-state index in [1.165, 1.54) is 6.42 Å². The molecule has 0 aromatic rings. The van der Waals surface area contributed by atoms with E-state index in [1.807, 2.05) is 6.08 Å². The Hall–Kier alpha value is -1.27. The molecule has 0 radical (unpaired) electrons. The molecule has 2 unspecified atom stereocenters. The van der Waals surface area contributed by atoms with Crippen LogP contribution in [-0.2, 0) is 9.53 Å². The molecular weight excluding hydrogens is 308 g/mol. The lowest BCUT2D eigenvalue weighted by Crippen LogP contribution is -2.40. The first-order valence-corrected chi connectivity index (χ1v) is 7.64. The summed E-state index contributed by atoms with van der Waals surface area (Å²) in [6.45, 7) is 4.22. The molecule has 1 amide bonds. The minimum Gasteiger partial charge on any atom is -0.480 e. The average molecular weight is 333 g/mol. The molecule has 126 valence electrons. The van der Waals surface area contributed by atoms with Crippen LogP contribution >= 0.6 is 12.4 Å². The lowest BCUT2D eigenvalue weighted by Gasteiger charge is -2.30. The Labute approximate surface area is 137 Å². The molecule has 2 aliphatic rings. The standard InChI is InChI=1S/C15H24N2O4.ClH/c1-2-5-10-6-3-4-7-13(10)21-15(20)17-11-8-12(14(18)19)16-9-11;/h2,10-13,16H,1,3-9H2,(H,17,20)(H,18,19);1H/t10?,11-,12+,13?;/m1./s1. The van der Waals surface area contributed by atoms with Crippen LogP contribution in [0, 0.1) is 5.92 Å². The van der Waals surface area contributed by atoms with Gasteiger partial charge in [0, 0.05) is 12.6 Å². The summed E-state index contributed by atoms with van der Waals surface area (Å²) >= 11 is 0. The lowest BCUT2D eigenvalue weighted by atomic mass is 9.84. The fourth-order valence-corrected chi connectivity index (χ4v) is 3.18. The third kappa shape index (κ3) is 5.18. The van der Waals surface area contributed by atoms with E-state index in [1.54, 1.807) is 0 Å². The van der Waals surface area contributed by atoms with Crippen molar-refractivity contribution in [2.75, 3.05) is 6.54 Å². The predicted octanol–water partition coefficient (Wildman–Crippen LogP) is 2.08. The van der Waals surface area contributed by atoms with Gasteiger partial charge in [0.2, 0.25) is 0 Å². The highest BCUT2D eigenvalue weighted by atomic mass is 35.5. The van der Waals surface area contributed by atoms with Crippen LogP contribution < -0.4 is 10.6 Å². The number of hydrogen-bond acceptors (Lipinski definition) is 4. The summed E-state index contributed by atoms with van der Waals surface area (Å²) in [4.78, 5) is 22.8. The SMILES string of the molecule is C=CCC1CCCCC1OC(=O)N[C@H]1CN[C@H](C(=O)O)C1.Cl. The number of nitrogens with one attached hydrogen (secondary N) is 2. The second kappa shape index (κ2) is 9.00. The molecule has 6 nitrogen and oxygen atoms in total.